The van der Waals surface area contributed by atoms with E-state index < -0.39 is 28.0 Å². The lowest BCUT2D eigenvalue weighted by molar-refractivity contribution is -0.385. The number of hydrogen-bond donors (Lipinski definition) is 1. The van der Waals surface area contributed by atoms with Crippen molar-refractivity contribution < 1.29 is 24.0 Å². The van der Waals surface area contributed by atoms with E-state index in [4.69, 9.17) is 9.84 Å². The van der Waals surface area contributed by atoms with Gasteiger partial charge >= 0.3 is 5.97 Å². The Hall–Kier alpha value is -2.96. The predicted octanol–water partition coefficient (Wildman–Crippen LogP) is 3.01. The van der Waals surface area contributed by atoms with E-state index >= 15 is 0 Å². The number of hydrogen-bond acceptors (Lipinski definition) is 4. The normalized spacial score (nSPS) is 10.1. The second-order valence-corrected chi connectivity index (χ2v) is 4.09. The number of ether oxygens (including phenoxy) is 1. The van der Waals surface area contributed by atoms with Crippen LogP contribution in [0.2, 0.25) is 0 Å². The molecule has 21 heavy (non-hydrogen) atoms. The third kappa shape index (κ3) is 3.14. The lowest BCUT2D eigenvalue weighted by Crippen LogP contribution is -2.07. The smallest absolute Gasteiger partial charge is 0.346 e. The molecule has 7 heteroatoms. The number of nitrogens with zero attached hydrogens (tertiary/aromatic N) is 1. The second-order valence-electron chi connectivity index (χ2n) is 4.09. The molecule has 0 aliphatic rings. The van der Waals surface area contributed by atoms with Gasteiger partial charge in [-0.05, 0) is 12.1 Å². The van der Waals surface area contributed by atoms with Crippen molar-refractivity contribution in [3.8, 4) is 5.75 Å². The Morgan fingerprint density at radius 3 is 2.57 bits per heavy atom. The van der Waals surface area contributed by atoms with Crippen molar-refractivity contribution in [2.24, 2.45) is 0 Å². The third-order valence-electron chi connectivity index (χ3n) is 2.76. The van der Waals surface area contributed by atoms with Gasteiger partial charge in [0.05, 0.1) is 4.92 Å². The third-order valence-corrected chi connectivity index (χ3v) is 2.76. The molecular weight excluding hydrogens is 281 g/mol. The Labute approximate surface area is 118 Å². The number of aromatic carboxylic acids is 1. The molecule has 0 spiro atoms. The molecule has 0 aromatic heterocycles. The molecule has 0 heterocycles. The molecule has 108 valence electrons. The summed E-state index contributed by atoms with van der Waals surface area (Å²) in [6.45, 7) is -0.228. The molecule has 2 rings (SSSR count). The quantitative estimate of drug-likeness (QED) is 0.675. The topological polar surface area (TPSA) is 89.7 Å². The van der Waals surface area contributed by atoms with Crippen LogP contribution >= 0.6 is 0 Å². The van der Waals surface area contributed by atoms with Crippen LogP contribution in [0.5, 0.6) is 5.75 Å². The van der Waals surface area contributed by atoms with Crippen LogP contribution in [0.25, 0.3) is 0 Å². The average Bonchev–Trinajstić information content (AvgIpc) is 2.45. The van der Waals surface area contributed by atoms with Crippen molar-refractivity contribution in [1.82, 2.24) is 0 Å². The van der Waals surface area contributed by atoms with E-state index in [0.717, 1.165) is 6.07 Å². The average molecular weight is 291 g/mol. The van der Waals surface area contributed by atoms with Gasteiger partial charge in [-0.15, -0.1) is 0 Å². The van der Waals surface area contributed by atoms with E-state index in [9.17, 15) is 19.3 Å². The molecule has 0 atom stereocenters. The van der Waals surface area contributed by atoms with Crippen LogP contribution < -0.4 is 4.74 Å². The van der Waals surface area contributed by atoms with Crippen molar-refractivity contribution in [2.45, 2.75) is 6.61 Å². The van der Waals surface area contributed by atoms with Gasteiger partial charge in [-0.3, -0.25) is 10.1 Å². The van der Waals surface area contributed by atoms with Gasteiger partial charge in [-0.1, -0.05) is 24.3 Å². The van der Waals surface area contributed by atoms with E-state index in [2.05, 4.69) is 0 Å². The molecular formula is C14H10FNO5. The highest BCUT2D eigenvalue weighted by atomic mass is 19.1. The van der Waals surface area contributed by atoms with Crippen molar-refractivity contribution in [3.63, 3.8) is 0 Å². The monoisotopic (exact) mass is 291 g/mol. The Morgan fingerprint density at radius 2 is 1.95 bits per heavy atom. The lowest BCUT2D eigenvalue weighted by atomic mass is 10.1. The minimum absolute atomic E-state index is 0.181. The minimum Gasteiger partial charge on any atom is -0.488 e. The van der Waals surface area contributed by atoms with Gasteiger partial charge in [0.25, 0.3) is 5.69 Å². The number of halogens is 1. The molecule has 0 aliphatic heterocycles. The Kier molecular flexibility index (Phi) is 4.13. The van der Waals surface area contributed by atoms with Crippen LogP contribution in [0, 0.1) is 15.9 Å². The van der Waals surface area contributed by atoms with Gasteiger partial charge in [0.2, 0.25) is 0 Å². The highest BCUT2D eigenvalue weighted by Crippen LogP contribution is 2.29. The zero-order valence-corrected chi connectivity index (χ0v) is 10.7. The Morgan fingerprint density at radius 1 is 1.24 bits per heavy atom. The molecule has 0 bridgehead atoms. The second kappa shape index (κ2) is 6.00. The van der Waals surface area contributed by atoms with E-state index in [0.29, 0.717) is 0 Å². The van der Waals surface area contributed by atoms with Gasteiger partial charge in [-0.2, -0.15) is 0 Å². The zero-order valence-electron chi connectivity index (χ0n) is 10.7. The minimum atomic E-state index is -1.48. The summed E-state index contributed by atoms with van der Waals surface area (Å²) in [6, 6.07) is 9.50. The van der Waals surface area contributed by atoms with Crippen molar-refractivity contribution >= 4 is 11.7 Å². The molecule has 0 saturated carbocycles. The van der Waals surface area contributed by atoms with Gasteiger partial charge < -0.3 is 9.84 Å². The van der Waals surface area contributed by atoms with Crippen LogP contribution in [0.15, 0.2) is 42.5 Å². The van der Waals surface area contributed by atoms with E-state index in [1.807, 2.05) is 0 Å². The van der Waals surface area contributed by atoms with Crippen LogP contribution in [0.3, 0.4) is 0 Å². The zero-order chi connectivity index (χ0) is 15.4. The molecule has 0 aliphatic carbocycles. The first-order chi connectivity index (χ1) is 10.0. The van der Waals surface area contributed by atoms with Crippen molar-refractivity contribution in [2.75, 3.05) is 0 Å². The van der Waals surface area contributed by atoms with E-state index in [1.165, 1.54) is 30.3 Å². The largest absolute Gasteiger partial charge is 0.488 e. The van der Waals surface area contributed by atoms with Crippen molar-refractivity contribution in [3.05, 3.63) is 69.5 Å². The van der Waals surface area contributed by atoms with Crippen LogP contribution in [-0.4, -0.2) is 16.0 Å². The maximum absolute atomic E-state index is 13.5. The molecule has 0 radical (unpaired) electrons. The van der Waals surface area contributed by atoms with Gasteiger partial charge in [0.1, 0.15) is 18.2 Å². The number of carboxylic acids is 1. The maximum Gasteiger partial charge on any atom is 0.346 e. The van der Waals surface area contributed by atoms with Crippen molar-refractivity contribution in [1.29, 1.82) is 0 Å². The number of nitro benzene ring substituents is 1. The summed E-state index contributed by atoms with van der Waals surface area (Å²) in [6.07, 6.45) is 0. The number of rotatable bonds is 5. The highest BCUT2D eigenvalue weighted by Gasteiger charge is 2.24. The fraction of sp³-hybridized carbons (Fsp3) is 0.0714. The standard InChI is InChI=1S/C14H10FNO5/c15-10-5-2-1-4-9(10)8-21-12-7-3-6-11(16(19)20)13(12)14(17)18/h1-7H,8H2,(H,17,18). The van der Waals surface area contributed by atoms with Crippen LogP contribution in [0.1, 0.15) is 15.9 Å². The lowest BCUT2D eigenvalue weighted by Gasteiger charge is -2.09. The van der Waals surface area contributed by atoms with Gasteiger partial charge in [0, 0.05) is 11.6 Å². The number of nitro groups is 1. The molecule has 0 fully saturated rings. The number of benzene rings is 2. The summed E-state index contributed by atoms with van der Waals surface area (Å²) in [5.41, 5.74) is -0.910. The molecule has 1 N–H and O–H groups in total. The van der Waals surface area contributed by atoms with Crippen LogP contribution in [0.4, 0.5) is 10.1 Å². The fourth-order valence-electron chi connectivity index (χ4n) is 1.78. The summed E-state index contributed by atoms with van der Waals surface area (Å²) in [4.78, 5) is 21.2. The van der Waals surface area contributed by atoms with Gasteiger partial charge in [0.15, 0.2) is 5.56 Å². The summed E-state index contributed by atoms with van der Waals surface area (Å²) >= 11 is 0. The molecule has 0 unspecified atom stereocenters. The van der Waals surface area contributed by atoms with E-state index in [1.54, 1.807) is 6.07 Å². The Balaban J connectivity index is 2.32. The predicted molar refractivity (Wildman–Crippen MR) is 70.8 cm³/mol. The maximum atomic E-state index is 13.5. The molecule has 2 aromatic rings. The number of carbonyl (C=O) groups is 1. The molecule has 2 aromatic carbocycles. The highest BCUT2D eigenvalue weighted by molar-refractivity contribution is 5.95. The summed E-state index contributed by atoms with van der Waals surface area (Å²) in [5, 5.41) is 19.9. The molecule has 6 nitrogen and oxygen atoms in total. The van der Waals surface area contributed by atoms with E-state index in [-0.39, 0.29) is 17.9 Å². The first-order valence-electron chi connectivity index (χ1n) is 5.87. The SMILES string of the molecule is O=C(O)c1c(OCc2ccccc2F)cccc1[N+](=O)[O-]. The fourth-order valence-corrected chi connectivity index (χ4v) is 1.78. The Bertz CT molecular complexity index is 702. The molecule has 0 amide bonds. The first kappa shape index (κ1) is 14.4. The molecule has 0 saturated heterocycles. The summed E-state index contributed by atoms with van der Waals surface area (Å²) in [7, 11) is 0. The summed E-state index contributed by atoms with van der Waals surface area (Å²) in [5.74, 6) is -2.16. The number of carboxylic acid groups (broad SMARTS) is 1. The van der Waals surface area contributed by atoms with Crippen LogP contribution in [-0.2, 0) is 6.61 Å². The van der Waals surface area contributed by atoms with Gasteiger partial charge in [-0.25, -0.2) is 9.18 Å². The first-order valence-corrected chi connectivity index (χ1v) is 5.87. The summed E-state index contributed by atoms with van der Waals surface area (Å²) < 4.78 is 18.7.